The van der Waals surface area contributed by atoms with Gasteiger partial charge in [0, 0.05) is 39.6 Å². The minimum atomic E-state index is -0.00724. The molecule has 5 nitrogen and oxygen atoms in total. The van der Waals surface area contributed by atoms with Crippen LogP contribution in [0.4, 0.5) is 5.69 Å². The summed E-state index contributed by atoms with van der Waals surface area (Å²) in [6.45, 7) is 2.26. The van der Waals surface area contributed by atoms with Crippen LogP contribution in [0.25, 0.3) is 10.9 Å². The quantitative estimate of drug-likeness (QED) is 0.226. The molecule has 2 aliphatic carbocycles. The van der Waals surface area contributed by atoms with Crippen LogP contribution in [0.15, 0.2) is 35.1 Å². The number of aromatic nitrogens is 2. The fourth-order valence-electron chi connectivity index (χ4n) is 5.83. The lowest BCUT2D eigenvalue weighted by molar-refractivity contribution is 0.389. The van der Waals surface area contributed by atoms with Crippen LogP contribution in [-0.4, -0.2) is 16.1 Å². The number of unbranched alkanes of at least 4 members (excludes halogenated alkanes) is 3. The van der Waals surface area contributed by atoms with Crippen LogP contribution in [0.3, 0.4) is 0 Å². The molecule has 0 saturated heterocycles. The van der Waals surface area contributed by atoms with Crippen LogP contribution in [0.5, 0.6) is 0 Å². The minimum Gasteiger partial charge on any atom is -0.369 e. The average molecular weight is 493 g/mol. The number of benzene rings is 1. The number of aromatic amines is 1. The number of nitrogens with one attached hydrogen (secondary N) is 3. The van der Waals surface area contributed by atoms with Crippen molar-refractivity contribution in [2.45, 2.75) is 96.2 Å². The number of pyridine rings is 2. The van der Waals surface area contributed by atoms with Crippen molar-refractivity contribution in [3.8, 4) is 0 Å². The summed E-state index contributed by atoms with van der Waals surface area (Å²) >= 11 is 6.35. The van der Waals surface area contributed by atoms with Crippen LogP contribution >= 0.6 is 11.6 Å². The molecule has 1 aromatic carbocycles. The fraction of sp³-hybridized carbons (Fsp3) is 0.517. The van der Waals surface area contributed by atoms with Gasteiger partial charge >= 0.3 is 0 Å². The molecule has 2 aromatic heterocycles. The lowest BCUT2D eigenvalue weighted by Gasteiger charge is -2.33. The topological polar surface area (TPSA) is 69.8 Å². The van der Waals surface area contributed by atoms with Gasteiger partial charge < -0.3 is 10.3 Å². The average Bonchev–Trinajstić information content (AvgIpc) is 2.86. The van der Waals surface area contributed by atoms with E-state index in [-0.39, 0.29) is 17.8 Å². The molecule has 2 heterocycles. The molecule has 0 spiro atoms. The van der Waals surface area contributed by atoms with Crippen molar-refractivity contribution >= 4 is 28.2 Å². The molecule has 0 saturated carbocycles. The zero-order chi connectivity index (χ0) is 24.2. The van der Waals surface area contributed by atoms with Crippen molar-refractivity contribution in [1.29, 1.82) is 0 Å². The van der Waals surface area contributed by atoms with Gasteiger partial charge in [-0.05, 0) is 80.7 Å². The second kappa shape index (κ2) is 11.1. The van der Waals surface area contributed by atoms with Gasteiger partial charge in [-0.15, -0.1) is 0 Å². The van der Waals surface area contributed by atoms with E-state index in [9.17, 15) is 4.79 Å². The van der Waals surface area contributed by atoms with E-state index < -0.39 is 0 Å². The molecule has 0 amide bonds. The van der Waals surface area contributed by atoms with Crippen LogP contribution in [0.2, 0.25) is 5.02 Å². The monoisotopic (exact) mass is 492 g/mol. The number of aryl methyl sites for hydroxylation is 2. The van der Waals surface area contributed by atoms with Crippen LogP contribution in [0, 0.1) is 0 Å². The Kier molecular flexibility index (Phi) is 7.74. The minimum absolute atomic E-state index is 0.00724. The van der Waals surface area contributed by atoms with E-state index in [0.717, 1.165) is 60.1 Å². The van der Waals surface area contributed by atoms with E-state index in [1.165, 1.54) is 61.0 Å². The van der Waals surface area contributed by atoms with Gasteiger partial charge in [0.15, 0.2) is 0 Å². The summed E-state index contributed by atoms with van der Waals surface area (Å²) in [5.74, 6) is 0. The highest BCUT2D eigenvalue weighted by Crippen LogP contribution is 2.36. The van der Waals surface area contributed by atoms with Crippen molar-refractivity contribution in [2.24, 2.45) is 0 Å². The SMILES string of the molecule is CCCCCCC(Nc1c2c(nc3cc(Cl)ccc13)CCCC2)N[C@@H]1CCCc2[nH]c(=O)ccc21. The highest BCUT2D eigenvalue weighted by Gasteiger charge is 2.25. The fourth-order valence-corrected chi connectivity index (χ4v) is 5.99. The van der Waals surface area contributed by atoms with Gasteiger partial charge in [-0.3, -0.25) is 15.1 Å². The molecule has 2 atom stereocenters. The number of anilines is 1. The lowest BCUT2D eigenvalue weighted by atomic mass is 9.90. The molecule has 2 aliphatic rings. The Labute approximate surface area is 213 Å². The molecule has 6 heteroatoms. The highest BCUT2D eigenvalue weighted by atomic mass is 35.5. The Bertz CT molecular complexity index is 1240. The molecule has 3 N–H and O–H groups in total. The summed E-state index contributed by atoms with van der Waals surface area (Å²) in [5.41, 5.74) is 7.13. The first-order chi connectivity index (χ1) is 17.1. The number of H-pyrrole nitrogens is 1. The lowest BCUT2D eigenvalue weighted by Crippen LogP contribution is -2.41. The number of nitrogens with zero attached hydrogens (tertiary/aromatic N) is 1. The Balaban J connectivity index is 1.47. The van der Waals surface area contributed by atoms with Crippen molar-refractivity contribution in [3.05, 3.63) is 68.2 Å². The maximum atomic E-state index is 11.9. The van der Waals surface area contributed by atoms with E-state index in [1.54, 1.807) is 6.07 Å². The summed E-state index contributed by atoms with van der Waals surface area (Å²) in [6, 6.07) is 10.0. The molecular weight excluding hydrogens is 456 g/mol. The first-order valence-corrected chi connectivity index (χ1v) is 13.9. The second-order valence-corrected chi connectivity index (χ2v) is 10.6. The molecule has 0 aliphatic heterocycles. The first kappa shape index (κ1) is 24.3. The van der Waals surface area contributed by atoms with Crippen molar-refractivity contribution in [2.75, 3.05) is 5.32 Å². The summed E-state index contributed by atoms with van der Waals surface area (Å²) < 4.78 is 0. The number of fused-ring (bicyclic) bond motifs is 3. The standard InChI is InChI=1S/C29H37ClN4O/c1-2-3-4-5-13-27(32-23-11-8-12-24-20(23)16-17-28(35)33-24)34-29-21-9-6-7-10-25(21)31-26-18-19(30)14-15-22(26)29/h14-18,23,27,32H,2-13H2,1H3,(H,31,34)(H,33,35)/t23-,27?/m1/s1. The van der Waals surface area contributed by atoms with Gasteiger partial charge in [0.25, 0.3) is 0 Å². The number of halogens is 1. The first-order valence-electron chi connectivity index (χ1n) is 13.5. The zero-order valence-corrected chi connectivity index (χ0v) is 21.5. The van der Waals surface area contributed by atoms with Gasteiger partial charge in [0.1, 0.15) is 0 Å². The molecular formula is C29H37ClN4O. The van der Waals surface area contributed by atoms with Crippen molar-refractivity contribution in [1.82, 2.24) is 15.3 Å². The van der Waals surface area contributed by atoms with Crippen molar-refractivity contribution in [3.63, 3.8) is 0 Å². The van der Waals surface area contributed by atoms with Crippen molar-refractivity contribution < 1.29 is 0 Å². The normalized spacial score (nSPS) is 18.2. The molecule has 1 unspecified atom stereocenters. The van der Waals surface area contributed by atoms with Crippen LogP contribution < -0.4 is 16.2 Å². The smallest absolute Gasteiger partial charge is 0.248 e. The van der Waals surface area contributed by atoms with Gasteiger partial charge in [-0.2, -0.15) is 0 Å². The highest BCUT2D eigenvalue weighted by molar-refractivity contribution is 6.31. The summed E-state index contributed by atoms with van der Waals surface area (Å²) in [5, 5.41) is 9.82. The molecule has 3 aromatic rings. The van der Waals surface area contributed by atoms with Gasteiger partial charge in [0.05, 0.1) is 11.7 Å². The maximum Gasteiger partial charge on any atom is 0.248 e. The Morgan fingerprint density at radius 3 is 2.86 bits per heavy atom. The molecule has 186 valence electrons. The Morgan fingerprint density at radius 1 is 1.09 bits per heavy atom. The van der Waals surface area contributed by atoms with E-state index in [0.29, 0.717) is 0 Å². The molecule has 35 heavy (non-hydrogen) atoms. The van der Waals surface area contributed by atoms with Gasteiger partial charge in [0.2, 0.25) is 5.56 Å². The van der Waals surface area contributed by atoms with Crippen LogP contribution in [0.1, 0.15) is 93.3 Å². The Hall–Kier alpha value is -2.37. The van der Waals surface area contributed by atoms with Gasteiger partial charge in [-0.1, -0.05) is 50.3 Å². The zero-order valence-electron chi connectivity index (χ0n) is 20.8. The molecule has 5 rings (SSSR count). The third-order valence-electron chi connectivity index (χ3n) is 7.62. The number of rotatable bonds is 9. The second-order valence-electron chi connectivity index (χ2n) is 10.2. The predicted octanol–water partition coefficient (Wildman–Crippen LogP) is 6.83. The third kappa shape index (κ3) is 5.57. The Morgan fingerprint density at radius 2 is 1.97 bits per heavy atom. The summed E-state index contributed by atoms with van der Waals surface area (Å²) in [6.07, 6.45) is 13.7. The number of hydrogen-bond donors (Lipinski definition) is 3. The maximum absolute atomic E-state index is 11.9. The van der Waals surface area contributed by atoms with Crippen LogP contribution in [-0.2, 0) is 19.3 Å². The molecule has 0 fully saturated rings. The molecule has 0 bridgehead atoms. The molecule has 0 radical (unpaired) electrons. The third-order valence-corrected chi connectivity index (χ3v) is 7.86. The predicted molar refractivity (Wildman–Crippen MR) is 145 cm³/mol. The van der Waals surface area contributed by atoms with E-state index in [2.05, 4.69) is 28.6 Å². The van der Waals surface area contributed by atoms with E-state index in [1.807, 2.05) is 18.2 Å². The van der Waals surface area contributed by atoms with E-state index in [4.69, 9.17) is 16.6 Å². The van der Waals surface area contributed by atoms with Gasteiger partial charge in [-0.25, -0.2) is 0 Å². The van der Waals surface area contributed by atoms with E-state index >= 15 is 0 Å². The largest absolute Gasteiger partial charge is 0.369 e. The summed E-state index contributed by atoms with van der Waals surface area (Å²) in [7, 11) is 0. The number of hydrogen-bond acceptors (Lipinski definition) is 4. The summed E-state index contributed by atoms with van der Waals surface area (Å²) in [4.78, 5) is 20.0.